The Bertz CT molecular complexity index is 247. The predicted molar refractivity (Wildman–Crippen MR) is 75.8 cm³/mol. The lowest BCUT2D eigenvalue weighted by molar-refractivity contribution is 0.0507. The van der Waals surface area contributed by atoms with Gasteiger partial charge in [-0.3, -0.25) is 0 Å². The number of hydrogen-bond acceptors (Lipinski definition) is 3. The summed E-state index contributed by atoms with van der Waals surface area (Å²) in [6.45, 7) is 14.9. The van der Waals surface area contributed by atoms with Gasteiger partial charge in [-0.1, -0.05) is 13.8 Å². The van der Waals surface area contributed by atoms with Crippen molar-refractivity contribution in [1.29, 1.82) is 0 Å². The summed E-state index contributed by atoms with van der Waals surface area (Å²) in [6, 6.07) is 0.530. The minimum Gasteiger partial charge on any atom is -0.444 e. The van der Waals surface area contributed by atoms with Gasteiger partial charge in [0, 0.05) is 18.6 Å². The molecule has 0 saturated heterocycles. The van der Waals surface area contributed by atoms with Crippen LogP contribution in [0.3, 0.4) is 0 Å². The minimum atomic E-state index is -0.442. The molecule has 0 rings (SSSR count). The Kier molecular flexibility index (Phi) is 7.29. The van der Waals surface area contributed by atoms with Gasteiger partial charge < -0.3 is 15.4 Å². The standard InChI is InChI=1S/C14H30N2O2/c1-10(2)8-11(3)15-9-12(4)16-13(17)18-14(5,6)7/h10-12,15H,8-9H2,1-7H3,(H,16,17). The molecule has 0 aliphatic rings. The molecule has 1 amide bonds. The normalized spacial score (nSPS) is 15.3. The summed E-state index contributed by atoms with van der Waals surface area (Å²) >= 11 is 0. The summed E-state index contributed by atoms with van der Waals surface area (Å²) in [7, 11) is 0. The topological polar surface area (TPSA) is 50.4 Å². The molecule has 0 radical (unpaired) electrons. The van der Waals surface area contributed by atoms with Gasteiger partial charge in [0.15, 0.2) is 0 Å². The van der Waals surface area contributed by atoms with Crippen molar-refractivity contribution in [2.24, 2.45) is 5.92 Å². The van der Waals surface area contributed by atoms with E-state index in [-0.39, 0.29) is 12.1 Å². The van der Waals surface area contributed by atoms with Crippen LogP contribution >= 0.6 is 0 Å². The molecule has 2 N–H and O–H groups in total. The number of carbonyl (C=O) groups excluding carboxylic acids is 1. The smallest absolute Gasteiger partial charge is 0.407 e. The van der Waals surface area contributed by atoms with Crippen LogP contribution in [-0.2, 0) is 4.74 Å². The van der Waals surface area contributed by atoms with Gasteiger partial charge >= 0.3 is 6.09 Å². The van der Waals surface area contributed by atoms with E-state index in [2.05, 4.69) is 31.4 Å². The van der Waals surface area contributed by atoms with E-state index in [0.29, 0.717) is 12.0 Å². The van der Waals surface area contributed by atoms with Crippen LogP contribution in [0.5, 0.6) is 0 Å². The molecular formula is C14H30N2O2. The van der Waals surface area contributed by atoms with Gasteiger partial charge in [0.1, 0.15) is 5.60 Å². The third-order valence-electron chi connectivity index (χ3n) is 2.36. The Hall–Kier alpha value is -0.770. The third-order valence-corrected chi connectivity index (χ3v) is 2.36. The highest BCUT2D eigenvalue weighted by Crippen LogP contribution is 2.07. The van der Waals surface area contributed by atoms with Gasteiger partial charge in [-0.2, -0.15) is 0 Å². The average molecular weight is 258 g/mol. The maximum absolute atomic E-state index is 11.5. The second-order valence-electron chi connectivity index (χ2n) is 6.49. The average Bonchev–Trinajstić information content (AvgIpc) is 2.10. The molecule has 0 aliphatic carbocycles. The molecule has 0 bridgehead atoms. The first-order chi connectivity index (χ1) is 8.10. The van der Waals surface area contributed by atoms with Crippen molar-refractivity contribution in [3.05, 3.63) is 0 Å². The molecule has 4 heteroatoms. The van der Waals surface area contributed by atoms with Gasteiger partial charge in [-0.25, -0.2) is 4.79 Å². The summed E-state index contributed by atoms with van der Waals surface area (Å²) < 4.78 is 5.20. The molecule has 0 aromatic heterocycles. The Balaban J connectivity index is 3.83. The monoisotopic (exact) mass is 258 g/mol. The second-order valence-corrected chi connectivity index (χ2v) is 6.49. The van der Waals surface area contributed by atoms with Crippen molar-refractivity contribution in [2.75, 3.05) is 6.54 Å². The maximum Gasteiger partial charge on any atom is 0.407 e. The van der Waals surface area contributed by atoms with E-state index < -0.39 is 5.60 Å². The first-order valence-electron chi connectivity index (χ1n) is 6.83. The Morgan fingerprint density at radius 3 is 2.11 bits per heavy atom. The van der Waals surface area contributed by atoms with E-state index in [1.807, 2.05) is 27.7 Å². The van der Waals surface area contributed by atoms with E-state index in [1.54, 1.807) is 0 Å². The van der Waals surface area contributed by atoms with Crippen LogP contribution < -0.4 is 10.6 Å². The van der Waals surface area contributed by atoms with E-state index in [9.17, 15) is 4.79 Å². The lowest BCUT2D eigenvalue weighted by atomic mass is 10.1. The predicted octanol–water partition coefficient (Wildman–Crippen LogP) is 2.92. The number of rotatable bonds is 6. The van der Waals surface area contributed by atoms with Crippen molar-refractivity contribution < 1.29 is 9.53 Å². The summed E-state index contributed by atoms with van der Waals surface area (Å²) in [5.74, 6) is 0.682. The third kappa shape index (κ3) is 10.4. The van der Waals surface area contributed by atoms with E-state index in [1.165, 1.54) is 0 Å². The number of amides is 1. The largest absolute Gasteiger partial charge is 0.444 e. The van der Waals surface area contributed by atoms with Crippen LogP contribution in [0.15, 0.2) is 0 Å². The lowest BCUT2D eigenvalue weighted by Gasteiger charge is -2.23. The maximum atomic E-state index is 11.5. The fourth-order valence-electron chi connectivity index (χ4n) is 1.73. The molecular weight excluding hydrogens is 228 g/mol. The first kappa shape index (κ1) is 17.2. The van der Waals surface area contributed by atoms with Crippen molar-refractivity contribution in [2.45, 2.75) is 72.6 Å². The van der Waals surface area contributed by atoms with Gasteiger partial charge in [-0.05, 0) is 47.0 Å². The van der Waals surface area contributed by atoms with Crippen molar-refractivity contribution in [3.63, 3.8) is 0 Å². The quantitative estimate of drug-likeness (QED) is 0.770. The first-order valence-corrected chi connectivity index (χ1v) is 6.83. The molecule has 18 heavy (non-hydrogen) atoms. The summed E-state index contributed by atoms with van der Waals surface area (Å²) in [5.41, 5.74) is -0.442. The SMILES string of the molecule is CC(C)CC(C)NCC(C)NC(=O)OC(C)(C)C. The Morgan fingerprint density at radius 2 is 1.67 bits per heavy atom. The molecule has 108 valence electrons. The number of carbonyl (C=O) groups is 1. The Morgan fingerprint density at radius 1 is 1.11 bits per heavy atom. The van der Waals surface area contributed by atoms with Crippen LogP contribution in [0.4, 0.5) is 4.79 Å². The molecule has 4 nitrogen and oxygen atoms in total. The molecule has 0 saturated carbocycles. The molecule has 0 aliphatic heterocycles. The van der Waals surface area contributed by atoms with Crippen LogP contribution in [0, 0.1) is 5.92 Å². The number of hydrogen-bond donors (Lipinski definition) is 2. The van der Waals surface area contributed by atoms with E-state index >= 15 is 0 Å². The van der Waals surface area contributed by atoms with Crippen molar-refractivity contribution >= 4 is 6.09 Å². The zero-order valence-corrected chi connectivity index (χ0v) is 13.0. The molecule has 0 spiro atoms. The molecule has 0 fully saturated rings. The van der Waals surface area contributed by atoms with Crippen LogP contribution in [0.2, 0.25) is 0 Å². The minimum absolute atomic E-state index is 0.0643. The zero-order chi connectivity index (χ0) is 14.3. The van der Waals surface area contributed by atoms with Crippen LogP contribution in [0.25, 0.3) is 0 Å². The molecule has 0 aromatic carbocycles. The summed E-state index contributed by atoms with van der Waals surface area (Å²) in [4.78, 5) is 11.5. The Labute approximate surface area is 112 Å². The van der Waals surface area contributed by atoms with E-state index in [0.717, 1.165) is 13.0 Å². The number of alkyl carbamates (subject to hydrolysis) is 1. The van der Waals surface area contributed by atoms with Gasteiger partial charge in [-0.15, -0.1) is 0 Å². The van der Waals surface area contributed by atoms with Gasteiger partial charge in [0.05, 0.1) is 0 Å². The van der Waals surface area contributed by atoms with Crippen molar-refractivity contribution in [1.82, 2.24) is 10.6 Å². The summed E-state index contributed by atoms with van der Waals surface area (Å²) in [6.07, 6.45) is 0.785. The highest BCUT2D eigenvalue weighted by molar-refractivity contribution is 5.68. The van der Waals surface area contributed by atoms with Gasteiger partial charge in [0.25, 0.3) is 0 Å². The van der Waals surface area contributed by atoms with Crippen LogP contribution in [0.1, 0.15) is 54.9 Å². The second kappa shape index (κ2) is 7.62. The molecule has 2 unspecified atom stereocenters. The fraction of sp³-hybridized carbons (Fsp3) is 0.929. The fourth-order valence-corrected chi connectivity index (χ4v) is 1.73. The summed E-state index contributed by atoms with van der Waals surface area (Å²) in [5, 5.41) is 6.23. The lowest BCUT2D eigenvalue weighted by Crippen LogP contribution is -2.44. The van der Waals surface area contributed by atoms with E-state index in [4.69, 9.17) is 4.74 Å². The number of nitrogens with one attached hydrogen (secondary N) is 2. The molecule has 0 aromatic rings. The molecule has 2 atom stereocenters. The van der Waals surface area contributed by atoms with Crippen LogP contribution in [-0.4, -0.2) is 30.3 Å². The number of ether oxygens (including phenoxy) is 1. The van der Waals surface area contributed by atoms with Crippen molar-refractivity contribution in [3.8, 4) is 0 Å². The molecule has 0 heterocycles. The highest BCUT2D eigenvalue weighted by atomic mass is 16.6. The zero-order valence-electron chi connectivity index (χ0n) is 13.0. The van der Waals surface area contributed by atoms with Gasteiger partial charge in [0.2, 0.25) is 0 Å². The highest BCUT2D eigenvalue weighted by Gasteiger charge is 2.17.